The summed E-state index contributed by atoms with van der Waals surface area (Å²) < 4.78 is 0.907. The van der Waals surface area contributed by atoms with Gasteiger partial charge >= 0.3 is 0 Å². The lowest BCUT2D eigenvalue weighted by Crippen LogP contribution is -3.00. The number of rotatable bonds is 4. The number of thioether (sulfide) groups is 1. The highest BCUT2D eigenvalue weighted by atomic mass is 127. The van der Waals surface area contributed by atoms with Gasteiger partial charge in [-0.25, -0.2) is 0 Å². The van der Waals surface area contributed by atoms with E-state index in [-0.39, 0.29) is 29.1 Å². The van der Waals surface area contributed by atoms with E-state index in [1.807, 2.05) is 16.8 Å². The second kappa shape index (κ2) is 6.88. The Morgan fingerprint density at radius 2 is 2.13 bits per heavy atom. The van der Waals surface area contributed by atoms with Crippen LogP contribution in [0.3, 0.4) is 0 Å². The highest BCUT2D eigenvalue weighted by Gasteiger charge is 2.10. The fourth-order valence-electron chi connectivity index (χ4n) is 0.876. The fraction of sp³-hybridized carbons (Fsp3) is 0.500. The number of carbonyl (C=O) groups excluding carboxylic acids is 1. The highest BCUT2D eigenvalue weighted by molar-refractivity contribution is 8.14. The highest BCUT2D eigenvalue weighted by Crippen LogP contribution is 2.15. The minimum atomic E-state index is 0. The van der Waals surface area contributed by atoms with Gasteiger partial charge in [-0.3, -0.25) is 4.79 Å². The Hall–Kier alpha value is 0.410. The molecule has 15 heavy (non-hydrogen) atoms. The lowest BCUT2D eigenvalue weighted by atomic mass is 10.4. The first-order valence-electron chi connectivity index (χ1n) is 4.49. The van der Waals surface area contributed by atoms with Crippen molar-refractivity contribution >= 4 is 28.2 Å². The molecule has 2 nitrogen and oxygen atoms in total. The van der Waals surface area contributed by atoms with E-state index in [1.54, 1.807) is 11.3 Å². The molecule has 1 heterocycles. The smallest absolute Gasteiger partial charge is 0.220 e. The van der Waals surface area contributed by atoms with Gasteiger partial charge in [0.05, 0.1) is 33.4 Å². The predicted octanol–water partition coefficient (Wildman–Crippen LogP) is -0.668. The standard InChI is InChI=1S/C10H16NOS2.HI/c1-11(2,3)5-7-14-10(12)9-4-6-13-8-9;/h4,6,8H,5,7H2,1-3H3;1H/q+1;/p-1. The van der Waals surface area contributed by atoms with Crippen LogP contribution >= 0.6 is 23.1 Å². The summed E-state index contributed by atoms with van der Waals surface area (Å²) in [7, 11) is 6.40. The largest absolute Gasteiger partial charge is 1.00 e. The van der Waals surface area contributed by atoms with Crippen molar-refractivity contribution in [2.24, 2.45) is 0 Å². The monoisotopic (exact) mass is 357 g/mol. The molecule has 0 N–H and O–H groups in total. The summed E-state index contributed by atoms with van der Waals surface area (Å²) in [4.78, 5) is 11.6. The molecular formula is C10H16INOS2. The summed E-state index contributed by atoms with van der Waals surface area (Å²) in [5, 5.41) is 4.04. The molecule has 0 unspecified atom stereocenters. The molecule has 0 aliphatic carbocycles. The average molecular weight is 357 g/mol. The van der Waals surface area contributed by atoms with Gasteiger partial charge in [-0.05, 0) is 11.4 Å². The summed E-state index contributed by atoms with van der Waals surface area (Å²) in [5.74, 6) is 0.887. The minimum absolute atomic E-state index is 0. The summed E-state index contributed by atoms with van der Waals surface area (Å²) >= 11 is 2.98. The average Bonchev–Trinajstić information content (AvgIpc) is 2.53. The van der Waals surface area contributed by atoms with Gasteiger partial charge in [0.25, 0.3) is 0 Å². The maximum atomic E-state index is 11.6. The van der Waals surface area contributed by atoms with Crippen LogP contribution < -0.4 is 24.0 Å². The SMILES string of the molecule is C[N+](C)(C)CCSC(=O)c1ccsc1.[I-]. The van der Waals surface area contributed by atoms with Crippen LogP contribution in [0, 0.1) is 0 Å². The van der Waals surface area contributed by atoms with Crippen LogP contribution in [0.25, 0.3) is 0 Å². The molecule has 0 radical (unpaired) electrons. The van der Waals surface area contributed by atoms with E-state index in [4.69, 9.17) is 0 Å². The summed E-state index contributed by atoms with van der Waals surface area (Å²) in [5.41, 5.74) is 0.835. The van der Waals surface area contributed by atoms with Crippen molar-refractivity contribution in [3.63, 3.8) is 0 Å². The van der Waals surface area contributed by atoms with Crippen LogP contribution in [0.1, 0.15) is 10.4 Å². The van der Waals surface area contributed by atoms with Crippen molar-refractivity contribution in [1.29, 1.82) is 0 Å². The van der Waals surface area contributed by atoms with E-state index in [0.29, 0.717) is 0 Å². The quantitative estimate of drug-likeness (QED) is 0.526. The second-order valence-corrected chi connectivity index (χ2v) is 6.01. The molecule has 0 saturated carbocycles. The third kappa shape index (κ3) is 6.55. The van der Waals surface area contributed by atoms with Crippen molar-refractivity contribution in [3.8, 4) is 0 Å². The van der Waals surface area contributed by atoms with E-state index in [2.05, 4.69) is 21.1 Å². The molecule has 0 bridgehead atoms. The van der Waals surface area contributed by atoms with Gasteiger partial charge in [0.2, 0.25) is 5.12 Å². The van der Waals surface area contributed by atoms with Crippen LogP contribution in [0.15, 0.2) is 16.8 Å². The predicted molar refractivity (Wildman–Crippen MR) is 64.0 cm³/mol. The van der Waals surface area contributed by atoms with Crippen molar-refractivity contribution in [1.82, 2.24) is 0 Å². The molecule has 1 rings (SSSR count). The molecule has 1 aromatic heterocycles. The van der Waals surface area contributed by atoms with Crippen LogP contribution in [0.5, 0.6) is 0 Å². The third-order valence-corrected chi connectivity index (χ3v) is 3.32. The third-order valence-electron chi connectivity index (χ3n) is 1.75. The first-order chi connectivity index (χ1) is 6.49. The van der Waals surface area contributed by atoms with Crippen molar-refractivity contribution in [3.05, 3.63) is 22.4 Å². The van der Waals surface area contributed by atoms with Gasteiger partial charge in [-0.2, -0.15) is 11.3 Å². The lowest BCUT2D eigenvalue weighted by molar-refractivity contribution is -0.867. The number of carbonyl (C=O) groups is 1. The Labute approximate surface area is 117 Å². The maximum absolute atomic E-state index is 11.6. The topological polar surface area (TPSA) is 17.1 Å². The normalized spacial score (nSPS) is 10.9. The fourth-order valence-corrected chi connectivity index (χ4v) is 2.70. The van der Waals surface area contributed by atoms with E-state index in [9.17, 15) is 4.79 Å². The van der Waals surface area contributed by atoms with Crippen LogP contribution in [-0.2, 0) is 0 Å². The van der Waals surface area contributed by atoms with Gasteiger partial charge in [0, 0.05) is 10.9 Å². The van der Waals surface area contributed by atoms with Gasteiger partial charge in [-0.15, -0.1) is 0 Å². The number of halogens is 1. The van der Waals surface area contributed by atoms with Gasteiger partial charge in [0.1, 0.15) is 0 Å². The molecule has 86 valence electrons. The summed E-state index contributed by atoms with van der Waals surface area (Å²) in [6.07, 6.45) is 0. The van der Waals surface area contributed by atoms with Gasteiger partial charge in [0.15, 0.2) is 0 Å². The van der Waals surface area contributed by atoms with E-state index >= 15 is 0 Å². The molecule has 0 aliphatic heterocycles. The molecule has 5 heteroatoms. The Balaban J connectivity index is 0.00000196. The van der Waals surface area contributed by atoms with Crippen LogP contribution in [0.4, 0.5) is 0 Å². The molecule has 0 atom stereocenters. The summed E-state index contributed by atoms with van der Waals surface area (Å²) in [6.45, 7) is 1.01. The zero-order valence-electron chi connectivity index (χ0n) is 9.20. The molecular weight excluding hydrogens is 341 g/mol. The zero-order valence-corrected chi connectivity index (χ0v) is 13.0. The molecule has 0 amide bonds. The molecule has 0 saturated heterocycles. The minimum Gasteiger partial charge on any atom is -1.00 e. The lowest BCUT2D eigenvalue weighted by Gasteiger charge is -2.23. The van der Waals surface area contributed by atoms with E-state index in [1.165, 1.54) is 11.8 Å². The van der Waals surface area contributed by atoms with Crippen molar-refractivity contribution < 1.29 is 33.3 Å². The molecule has 0 aromatic carbocycles. The van der Waals surface area contributed by atoms with Gasteiger partial charge < -0.3 is 28.5 Å². The first kappa shape index (κ1) is 15.4. The van der Waals surface area contributed by atoms with Crippen molar-refractivity contribution in [2.45, 2.75) is 0 Å². The molecule has 0 spiro atoms. The van der Waals surface area contributed by atoms with E-state index in [0.717, 1.165) is 22.3 Å². The Kier molecular flexibility index (Phi) is 7.07. The number of thiophene rings is 1. The molecule has 0 fully saturated rings. The van der Waals surface area contributed by atoms with Crippen LogP contribution in [-0.4, -0.2) is 43.0 Å². The number of nitrogens with zero attached hydrogens (tertiary/aromatic N) is 1. The van der Waals surface area contributed by atoms with Crippen molar-refractivity contribution in [2.75, 3.05) is 33.4 Å². The Morgan fingerprint density at radius 1 is 1.47 bits per heavy atom. The summed E-state index contributed by atoms with van der Waals surface area (Å²) in [6, 6.07) is 1.88. The number of quaternary nitrogens is 1. The Morgan fingerprint density at radius 3 is 2.60 bits per heavy atom. The first-order valence-corrected chi connectivity index (χ1v) is 6.42. The van der Waals surface area contributed by atoms with Crippen LogP contribution in [0.2, 0.25) is 0 Å². The number of hydrogen-bond acceptors (Lipinski definition) is 3. The molecule has 0 aliphatic rings. The number of hydrogen-bond donors (Lipinski definition) is 0. The Bertz CT molecular complexity index is 293. The van der Waals surface area contributed by atoms with E-state index < -0.39 is 0 Å². The zero-order chi connectivity index (χ0) is 10.6. The van der Waals surface area contributed by atoms with Gasteiger partial charge in [-0.1, -0.05) is 11.8 Å². The maximum Gasteiger partial charge on any atom is 0.220 e. The second-order valence-electron chi connectivity index (χ2n) is 4.16. The molecule has 1 aromatic rings.